The molecule has 0 spiro atoms. The van der Waals surface area contributed by atoms with Gasteiger partial charge < -0.3 is 18.9 Å². The molecule has 2 fully saturated rings. The van der Waals surface area contributed by atoms with Crippen molar-refractivity contribution in [3.63, 3.8) is 0 Å². The first-order chi connectivity index (χ1) is 19.0. The van der Waals surface area contributed by atoms with E-state index in [1.165, 1.54) is 13.3 Å². The van der Waals surface area contributed by atoms with Gasteiger partial charge in [-0.3, -0.25) is 4.68 Å². The van der Waals surface area contributed by atoms with Crippen molar-refractivity contribution in [3.8, 4) is 28.1 Å². The Balaban J connectivity index is 1.52. The number of H-pyrrole nitrogens is 1. The Morgan fingerprint density at radius 1 is 1.12 bits per heavy atom. The number of hydrogen-bond donors (Lipinski definition) is 1. The third kappa shape index (κ3) is 5.85. The van der Waals surface area contributed by atoms with E-state index < -0.39 is 31.8 Å². The number of alkyl halides is 3. The maximum absolute atomic E-state index is 14.7. The molecule has 3 aromatic rings. The van der Waals surface area contributed by atoms with Gasteiger partial charge in [-0.25, -0.2) is 0 Å². The van der Waals surface area contributed by atoms with E-state index in [0.29, 0.717) is 46.0 Å². The molecule has 2 aliphatic carbocycles. The lowest BCUT2D eigenvalue weighted by Crippen LogP contribution is -2.54. The summed E-state index contributed by atoms with van der Waals surface area (Å²) in [5.74, 6) is 0.484. The molecule has 224 valence electrons. The lowest BCUT2D eigenvalue weighted by molar-refractivity contribution is -0.148. The van der Waals surface area contributed by atoms with Gasteiger partial charge >= 0.3 is 6.18 Å². The number of halogens is 4. The van der Waals surface area contributed by atoms with Crippen molar-refractivity contribution >= 4 is 19.9 Å². The Hall–Kier alpha value is -2.27. The van der Waals surface area contributed by atoms with Gasteiger partial charge in [0.05, 0.1) is 48.4 Å². The monoisotopic (exact) mass is 609 g/mol. The van der Waals surface area contributed by atoms with Crippen molar-refractivity contribution < 1.29 is 27.1 Å². The number of rotatable bonds is 9. The van der Waals surface area contributed by atoms with E-state index in [0.717, 1.165) is 17.5 Å². The number of methoxy groups -OCH3 is 1. The fourth-order valence-electron chi connectivity index (χ4n) is 5.46. The average Bonchev–Trinajstić information content (AvgIpc) is 3.41. The van der Waals surface area contributed by atoms with Crippen molar-refractivity contribution in [1.82, 2.24) is 14.8 Å². The van der Waals surface area contributed by atoms with E-state index in [9.17, 15) is 13.2 Å². The molecule has 2 heterocycles. The molecule has 41 heavy (non-hydrogen) atoms. The lowest BCUT2D eigenvalue weighted by atomic mass is 9.77. The standard InChI is InChI=1S/C30H39ClF3N3O3Si/c1-28(2,3)41(6,7)40-29(4)13-18(14-29)37-27(30(32,33)34)22(16-36-37)26-23(17-39-19-11-12-19)21(15-35-26)20-9-8-10-24(38-5)25(20)31/h8-10,15-16,18-19,35H,11-14,17H2,1-7H3. The SMILES string of the molecule is COc1cccc(-c2c[nH]c(-c3cnn(C4CC(C)(O[Si](C)(C)C(C)(C)C)C4)c3C(F)(F)F)c2COC2CC2)c1Cl. The first kappa shape index (κ1) is 30.2. The van der Waals surface area contributed by atoms with E-state index in [2.05, 4.69) is 43.9 Å². The number of aromatic amines is 1. The Morgan fingerprint density at radius 2 is 1.80 bits per heavy atom. The summed E-state index contributed by atoms with van der Waals surface area (Å²) in [6.07, 6.45) is 1.32. The van der Waals surface area contributed by atoms with Crippen LogP contribution < -0.4 is 4.74 Å². The van der Waals surface area contributed by atoms with Crippen LogP contribution in [0.25, 0.3) is 22.4 Å². The van der Waals surface area contributed by atoms with Gasteiger partial charge in [0.25, 0.3) is 0 Å². The normalized spacial score (nSPS) is 21.7. The van der Waals surface area contributed by atoms with Gasteiger partial charge in [0.2, 0.25) is 0 Å². The Bertz CT molecular complexity index is 1420. The quantitative estimate of drug-likeness (QED) is 0.246. The predicted molar refractivity (Wildman–Crippen MR) is 157 cm³/mol. The second kappa shape index (κ2) is 10.5. The molecule has 1 N–H and O–H groups in total. The predicted octanol–water partition coefficient (Wildman–Crippen LogP) is 9.02. The van der Waals surface area contributed by atoms with Crippen molar-refractivity contribution in [2.45, 2.75) is 102 Å². The molecular formula is C30H39ClF3N3O3Si. The molecule has 1 aromatic carbocycles. The zero-order chi connectivity index (χ0) is 30.0. The molecule has 2 aromatic heterocycles. The molecule has 0 amide bonds. The highest BCUT2D eigenvalue weighted by Gasteiger charge is 2.52. The number of hydrogen-bond acceptors (Lipinski definition) is 4. The van der Waals surface area contributed by atoms with Gasteiger partial charge in [0, 0.05) is 28.5 Å². The second-order valence-corrected chi connectivity index (χ2v) is 18.2. The fourth-order valence-corrected chi connectivity index (χ4v) is 7.47. The summed E-state index contributed by atoms with van der Waals surface area (Å²) in [5.41, 5.74) is 1.01. The Labute approximate surface area is 245 Å². The molecular weight excluding hydrogens is 571 g/mol. The van der Waals surface area contributed by atoms with Gasteiger partial charge in [0.15, 0.2) is 14.0 Å². The number of nitrogens with zero attached hydrogens (tertiary/aromatic N) is 2. The minimum Gasteiger partial charge on any atom is -0.495 e. The van der Waals surface area contributed by atoms with Crippen LogP contribution in [0.5, 0.6) is 5.75 Å². The van der Waals surface area contributed by atoms with Gasteiger partial charge in [-0.2, -0.15) is 18.3 Å². The first-order valence-electron chi connectivity index (χ1n) is 14.0. The molecule has 0 saturated heterocycles. The largest absolute Gasteiger partial charge is 0.495 e. The van der Waals surface area contributed by atoms with Crippen LogP contribution in [-0.2, 0) is 21.9 Å². The third-order valence-electron chi connectivity index (χ3n) is 8.77. The van der Waals surface area contributed by atoms with Crippen LogP contribution in [0.2, 0.25) is 23.2 Å². The van der Waals surface area contributed by atoms with Gasteiger partial charge in [-0.05, 0) is 56.8 Å². The molecule has 0 aliphatic heterocycles. The van der Waals surface area contributed by atoms with Crippen LogP contribution >= 0.6 is 11.6 Å². The molecule has 5 rings (SSSR count). The number of ether oxygens (including phenoxy) is 2. The molecule has 2 saturated carbocycles. The Morgan fingerprint density at radius 3 is 2.39 bits per heavy atom. The molecule has 6 nitrogen and oxygen atoms in total. The molecule has 0 bridgehead atoms. The molecule has 0 atom stereocenters. The van der Waals surface area contributed by atoms with Gasteiger partial charge in [0.1, 0.15) is 5.75 Å². The highest BCUT2D eigenvalue weighted by Crippen LogP contribution is 2.52. The topological polar surface area (TPSA) is 61.3 Å². The maximum atomic E-state index is 14.7. The van der Waals surface area contributed by atoms with Gasteiger partial charge in [-0.1, -0.05) is 44.5 Å². The van der Waals surface area contributed by atoms with E-state index in [4.69, 9.17) is 25.5 Å². The molecule has 0 unspecified atom stereocenters. The summed E-state index contributed by atoms with van der Waals surface area (Å²) in [4.78, 5) is 3.11. The summed E-state index contributed by atoms with van der Waals surface area (Å²) in [6, 6.07) is 4.96. The van der Waals surface area contributed by atoms with Crippen LogP contribution in [0.1, 0.15) is 70.7 Å². The average molecular weight is 610 g/mol. The number of benzene rings is 1. The minimum absolute atomic E-state index is 0.00363. The van der Waals surface area contributed by atoms with Crippen molar-refractivity contribution in [2.75, 3.05) is 7.11 Å². The van der Waals surface area contributed by atoms with E-state index in [-0.39, 0.29) is 23.3 Å². The molecule has 11 heteroatoms. The summed E-state index contributed by atoms with van der Waals surface area (Å²) in [5, 5.41) is 4.70. The fraction of sp³-hybridized carbons (Fsp3) is 0.567. The van der Waals surface area contributed by atoms with Crippen LogP contribution in [0.4, 0.5) is 13.2 Å². The summed E-state index contributed by atoms with van der Waals surface area (Å²) < 4.78 is 63.4. The highest BCUT2D eigenvalue weighted by atomic mass is 35.5. The lowest BCUT2D eigenvalue weighted by Gasteiger charge is -2.52. The molecule has 0 radical (unpaired) electrons. The van der Waals surface area contributed by atoms with Crippen LogP contribution in [0.3, 0.4) is 0 Å². The van der Waals surface area contributed by atoms with E-state index in [1.54, 1.807) is 18.3 Å². The maximum Gasteiger partial charge on any atom is 0.433 e. The smallest absolute Gasteiger partial charge is 0.433 e. The van der Waals surface area contributed by atoms with Gasteiger partial charge in [-0.15, -0.1) is 0 Å². The third-order valence-corrected chi connectivity index (χ3v) is 13.8. The zero-order valence-corrected chi connectivity index (χ0v) is 26.5. The van der Waals surface area contributed by atoms with Crippen molar-refractivity contribution in [3.05, 3.63) is 46.9 Å². The van der Waals surface area contributed by atoms with Crippen molar-refractivity contribution in [1.29, 1.82) is 0 Å². The van der Waals surface area contributed by atoms with E-state index in [1.807, 2.05) is 13.0 Å². The first-order valence-corrected chi connectivity index (χ1v) is 17.3. The van der Waals surface area contributed by atoms with Crippen LogP contribution in [-0.4, -0.2) is 41.9 Å². The number of nitrogens with one attached hydrogen (secondary N) is 1. The minimum atomic E-state index is -4.62. The second-order valence-electron chi connectivity index (χ2n) is 13.1. The number of aromatic nitrogens is 3. The summed E-state index contributed by atoms with van der Waals surface area (Å²) in [6.45, 7) is 13.0. The van der Waals surface area contributed by atoms with Crippen LogP contribution in [0.15, 0.2) is 30.6 Å². The summed E-state index contributed by atoms with van der Waals surface area (Å²) in [7, 11) is -0.566. The molecule has 2 aliphatic rings. The Kier molecular flexibility index (Phi) is 7.71. The summed E-state index contributed by atoms with van der Waals surface area (Å²) >= 11 is 6.64. The van der Waals surface area contributed by atoms with E-state index >= 15 is 0 Å². The van der Waals surface area contributed by atoms with Crippen molar-refractivity contribution in [2.24, 2.45) is 0 Å². The van der Waals surface area contributed by atoms with Crippen LogP contribution in [0, 0.1) is 0 Å². The zero-order valence-electron chi connectivity index (χ0n) is 24.7. The highest BCUT2D eigenvalue weighted by molar-refractivity contribution is 6.74.